The van der Waals surface area contributed by atoms with Gasteiger partial charge in [-0.3, -0.25) is 0 Å². The van der Waals surface area contributed by atoms with Gasteiger partial charge < -0.3 is 11.5 Å². The first kappa shape index (κ1) is 12.1. The Morgan fingerprint density at radius 3 is 2.53 bits per heavy atom. The second-order valence-electron chi connectivity index (χ2n) is 3.35. The molecule has 0 bridgehead atoms. The molecule has 2 heterocycles. The number of rotatable bonds is 2. The van der Waals surface area contributed by atoms with E-state index in [0.29, 0.717) is 16.8 Å². The molecule has 0 saturated heterocycles. The maximum absolute atomic E-state index is 5.60. The molecule has 0 aliphatic rings. The van der Waals surface area contributed by atoms with E-state index in [-0.39, 0.29) is 0 Å². The number of pyridine rings is 1. The lowest BCUT2D eigenvalue weighted by Crippen LogP contribution is -1.99. The minimum atomic E-state index is 0.351. The van der Waals surface area contributed by atoms with Gasteiger partial charge in [-0.25, -0.2) is 15.0 Å². The topological polar surface area (TPSA) is 90.7 Å². The number of nitrogens with two attached hydrogens (primary N) is 2. The lowest BCUT2D eigenvalue weighted by Gasteiger charge is -2.05. The Labute approximate surface area is 111 Å². The highest BCUT2D eigenvalue weighted by Gasteiger charge is 2.09. The van der Waals surface area contributed by atoms with E-state index < -0.39 is 0 Å². The van der Waals surface area contributed by atoms with Crippen LogP contribution in [0, 0.1) is 6.92 Å². The lowest BCUT2D eigenvalue weighted by atomic mass is 10.3. The molecule has 7 heteroatoms. The molecule has 0 atom stereocenters. The summed E-state index contributed by atoms with van der Waals surface area (Å²) in [5, 5.41) is 1.27. The van der Waals surface area contributed by atoms with Crippen molar-refractivity contribution in [1.29, 1.82) is 0 Å². The second kappa shape index (κ2) is 4.89. The molecule has 0 amide bonds. The van der Waals surface area contributed by atoms with Gasteiger partial charge >= 0.3 is 0 Å². The first-order valence-corrected chi connectivity index (χ1v) is 6.36. The molecule has 88 valence electrons. The third-order valence-corrected chi connectivity index (χ3v) is 4.11. The molecule has 0 aromatic carbocycles. The van der Waals surface area contributed by atoms with Gasteiger partial charge in [0.1, 0.15) is 16.7 Å². The van der Waals surface area contributed by atoms with Crippen molar-refractivity contribution in [2.45, 2.75) is 17.1 Å². The Kier molecular flexibility index (Phi) is 3.49. The SMILES string of the molecule is Cc1ccnc(Sc2nc(N)cc(N)n2)c1Br. The van der Waals surface area contributed by atoms with Crippen molar-refractivity contribution in [1.82, 2.24) is 15.0 Å². The van der Waals surface area contributed by atoms with Crippen LogP contribution in [0.5, 0.6) is 0 Å². The van der Waals surface area contributed by atoms with Gasteiger partial charge in [0.25, 0.3) is 0 Å². The summed E-state index contributed by atoms with van der Waals surface area (Å²) in [5.41, 5.74) is 12.3. The number of anilines is 2. The Morgan fingerprint density at radius 2 is 1.88 bits per heavy atom. The van der Waals surface area contributed by atoms with Crippen molar-refractivity contribution in [3.8, 4) is 0 Å². The van der Waals surface area contributed by atoms with Crippen LogP contribution < -0.4 is 11.5 Å². The van der Waals surface area contributed by atoms with Crippen LogP contribution in [-0.2, 0) is 0 Å². The highest BCUT2D eigenvalue weighted by molar-refractivity contribution is 9.10. The lowest BCUT2D eigenvalue weighted by molar-refractivity contribution is 0.973. The van der Waals surface area contributed by atoms with E-state index in [2.05, 4.69) is 30.9 Å². The fourth-order valence-corrected chi connectivity index (χ4v) is 2.50. The van der Waals surface area contributed by atoms with Gasteiger partial charge in [-0.1, -0.05) is 0 Å². The molecule has 2 rings (SSSR count). The van der Waals surface area contributed by atoms with Crippen molar-refractivity contribution in [3.05, 3.63) is 28.4 Å². The summed E-state index contributed by atoms with van der Waals surface area (Å²) < 4.78 is 0.926. The Balaban J connectivity index is 2.34. The van der Waals surface area contributed by atoms with Gasteiger partial charge in [-0.2, -0.15) is 0 Å². The molecule has 0 aliphatic carbocycles. The summed E-state index contributed by atoms with van der Waals surface area (Å²) in [5.74, 6) is 0.701. The molecular formula is C10H10BrN5S. The summed E-state index contributed by atoms with van der Waals surface area (Å²) >= 11 is 4.79. The number of aromatic nitrogens is 3. The summed E-state index contributed by atoms with van der Waals surface area (Å²) in [6.45, 7) is 1.99. The molecule has 0 unspecified atom stereocenters. The smallest absolute Gasteiger partial charge is 0.197 e. The van der Waals surface area contributed by atoms with Crippen LogP contribution >= 0.6 is 27.7 Å². The molecule has 0 fully saturated rings. The van der Waals surface area contributed by atoms with Crippen molar-refractivity contribution >= 4 is 39.3 Å². The van der Waals surface area contributed by atoms with Gasteiger partial charge in [-0.05, 0) is 46.2 Å². The van der Waals surface area contributed by atoms with Crippen LogP contribution in [0.3, 0.4) is 0 Å². The average Bonchev–Trinajstić information content (AvgIpc) is 2.23. The largest absolute Gasteiger partial charge is 0.383 e. The van der Waals surface area contributed by atoms with Crippen LogP contribution in [0.1, 0.15) is 5.56 Å². The van der Waals surface area contributed by atoms with Crippen molar-refractivity contribution in [3.63, 3.8) is 0 Å². The fourth-order valence-electron chi connectivity index (χ4n) is 1.18. The van der Waals surface area contributed by atoms with Gasteiger partial charge in [0, 0.05) is 12.3 Å². The number of hydrogen-bond donors (Lipinski definition) is 2. The molecule has 2 aromatic rings. The van der Waals surface area contributed by atoms with Crippen molar-refractivity contribution in [2.75, 3.05) is 11.5 Å². The van der Waals surface area contributed by atoms with E-state index in [9.17, 15) is 0 Å². The van der Waals surface area contributed by atoms with E-state index >= 15 is 0 Å². The number of halogens is 1. The van der Waals surface area contributed by atoms with E-state index in [0.717, 1.165) is 15.1 Å². The monoisotopic (exact) mass is 311 g/mol. The second-order valence-corrected chi connectivity index (χ2v) is 5.10. The molecule has 17 heavy (non-hydrogen) atoms. The van der Waals surface area contributed by atoms with E-state index in [1.807, 2.05) is 13.0 Å². The van der Waals surface area contributed by atoms with Crippen LogP contribution in [0.4, 0.5) is 11.6 Å². The molecular weight excluding hydrogens is 302 g/mol. The summed E-state index contributed by atoms with van der Waals surface area (Å²) in [6, 6.07) is 3.44. The Morgan fingerprint density at radius 1 is 1.24 bits per heavy atom. The molecule has 0 saturated carbocycles. The van der Waals surface area contributed by atoms with Gasteiger partial charge in [-0.15, -0.1) is 0 Å². The molecule has 0 aliphatic heterocycles. The zero-order valence-corrected chi connectivity index (χ0v) is 11.4. The number of hydrogen-bond acceptors (Lipinski definition) is 6. The van der Waals surface area contributed by atoms with E-state index in [4.69, 9.17) is 11.5 Å². The zero-order chi connectivity index (χ0) is 12.4. The van der Waals surface area contributed by atoms with E-state index in [1.165, 1.54) is 17.8 Å². The predicted octanol–water partition coefficient (Wildman–Crippen LogP) is 2.26. The Hall–Kier alpha value is -1.34. The van der Waals surface area contributed by atoms with Crippen LogP contribution in [-0.4, -0.2) is 15.0 Å². The molecule has 0 spiro atoms. The molecule has 2 aromatic heterocycles. The van der Waals surface area contributed by atoms with Gasteiger partial charge in [0.15, 0.2) is 5.16 Å². The first-order chi connectivity index (χ1) is 8.06. The van der Waals surface area contributed by atoms with Gasteiger partial charge in [0.05, 0.1) is 4.47 Å². The molecule has 0 radical (unpaired) electrons. The maximum atomic E-state index is 5.60. The van der Waals surface area contributed by atoms with Crippen LogP contribution in [0.15, 0.2) is 33.0 Å². The highest BCUT2D eigenvalue weighted by Crippen LogP contribution is 2.31. The van der Waals surface area contributed by atoms with E-state index in [1.54, 1.807) is 6.20 Å². The summed E-state index contributed by atoms with van der Waals surface area (Å²) in [4.78, 5) is 12.4. The maximum Gasteiger partial charge on any atom is 0.197 e. The standard InChI is InChI=1S/C10H10BrN5S/c1-5-2-3-14-9(8(5)11)17-10-15-6(12)4-7(13)16-10/h2-4H,1H3,(H4,12,13,15,16). The molecule has 4 N–H and O–H groups in total. The average molecular weight is 312 g/mol. The minimum absolute atomic E-state index is 0.351. The highest BCUT2D eigenvalue weighted by atomic mass is 79.9. The van der Waals surface area contributed by atoms with Crippen molar-refractivity contribution < 1.29 is 0 Å². The van der Waals surface area contributed by atoms with Gasteiger partial charge in [0.2, 0.25) is 0 Å². The predicted molar refractivity (Wildman–Crippen MR) is 71.7 cm³/mol. The zero-order valence-electron chi connectivity index (χ0n) is 9.01. The minimum Gasteiger partial charge on any atom is -0.383 e. The number of aryl methyl sites for hydroxylation is 1. The number of nitrogens with zero attached hydrogens (tertiary/aromatic N) is 3. The summed E-state index contributed by atoms with van der Waals surface area (Å²) in [7, 11) is 0. The quantitative estimate of drug-likeness (QED) is 0.827. The van der Waals surface area contributed by atoms with Crippen LogP contribution in [0.25, 0.3) is 0 Å². The van der Waals surface area contributed by atoms with Crippen LogP contribution in [0.2, 0.25) is 0 Å². The third kappa shape index (κ3) is 2.86. The first-order valence-electron chi connectivity index (χ1n) is 4.75. The summed E-state index contributed by atoms with van der Waals surface area (Å²) in [6.07, 6.45) is 1.73. The van der Waals surface area contributed by atoms with Crippen molar-refractivity contribution in [2.24, 2.45) is 0 Å². The fraction of sp³-hybridized carbons (Fsp3) is 0.100. The third-order valence-electron chi connectivity index (χ3n) is 1.98. The molecule has 5 nitrogen and oxygen atoms in total. The number of nitrogen functional groups attached to an aromatic ring is 2. The Bertz CT molecular complexity index is 540. The normalized spacial score (nSPS) is 10.5.